The van der Waals surface area contributed by atoms with Crippen LogP contribution in [0.15, 0.2) is 0 Å². The lowest BCUT2D eigenvalue weighted by atomic mass is 9.90. The largest absolute Gasteiger partial charge is 0.402 e. The van der Waals surface area contributed by atoms with Crippen molar-refractivity contribution < 1.29 is 8.85 Å². The zero-order chi connectivity index (χ0) is 10.9. The standard InChI is InChI=1S/C10H18.C2H8O2Si/c1-2-6-9(5-1)10-7-3-4-8-10;1-3-5-4-2/h9-10H,1-8H2;5H2,1-2H3. The summed E-state index contributed by atoms with van der Waals surface area (Å²) in [5.74, 6) is 2.31. The maximum absolute atomic E-state index is 4.61. The zero-order valence-corrected chi connectivity index (χ0v) is 11.7. The highest BCUT2D eigenvalue weighted by molar-refractivity contribution is 6.17. The average molecular weight is 230 g/mol. The molecule has 15 heavy (non-hydrogen) atoms. The van der Waals surface area contributed by atoms with Crippen LogP contribution in [0.1, 0.15) is 51.4 Å². The van der Waals surface area contributed by atoms with Crippen molar-refractivity contribution in [3.05, 3.63) is 0 Å². The van der Waals surface area contributed by atoms with E-state index in [9.17, 15) is 0 Å². The molecule has 2 rings (SSSR count). The Kier molecular flexibility index (Phi) is 7.31. The summed E-state index contributed by atoms with van der Waals surface area (Å²) in [6.07, 6.45) is 12.4. The van der Waals surface area contributed by atoms with Crippen molar-refractivity contribution in [2.24, 2.45) is 11.8 Å². The zero-order valence-electron chi connectivity index (χ0n) is 10.3. The molecule has 2 aliphatic rings. The molecule has 90 valence electrons. The van der Waals surface area contributed by atoms with Gasteiger partial charge in [-0.2, -0.15) is 0 Å². The molecule has 2 saturated carbocycles. The molecule has 2 nitrogen and oxygen atoms in total. The summed E-state index contributed by atoms with van der Waals surface area (Å²) >= 11 is 0. The van der Waals surface area contributed by atoms with Gasteiger partial charge in [0, 0.05) is 14.2 Å². The third-order valence-corrected chi connectivity index (χ3v) is 4.17. The molecule has 3 heteroatoms. The van der Waals surface area contributed by atoms with Gasteiger partial charge in [0.1, 0.15) is 0 Å². The molecule has 0 aromatic rings. The Morgan fingerprint density at radius 2 is 1.07 bits per heavy atom. The smallest absolute Gasteiger partial charge is 0.303 e. The van der Waals surface area contributed by atoms with Crippen LogP contribution < -0.4 is 0 Å². The Morgan fingerprint density at radius 1 is 0.733 bits per heavy atom. The van der Waals surface area contributed by atoms with E-state index in [4.69, 9.17) is 0 Å². The van der Waals surface area contributed by atoms with Gasteiger partial charge < -0.3 is 8.85 Å². The molecule has 2 fully saturated rings. The second kappa shape index (κ2) is 8.31. The fourth-order valence-electron chi connectivity index (χ4n) is 2.98. The van der Waals surface area contributed by atoms with Crippen molar-refractivity contribution in [1.82, 2.24) is 0 Å². The quantitative estimate of drug-likeness (QED) is 0.694. The highest BCUT2D eigenvalue weighted by atomic mass is 28.3. The molecule has 0 amide bonds. The third-order valence-electron chi connectivity index (χ3n) is 3.70. The van der Waals surface area contributed by atoms with Crippen LogP contribution >= 0.6 is 0 Å². The van der Waals surface area contributed by atoms with Crippen LogP contribution in [0.3, 0.4) is 0 Å². The molecule has 0 unspecified atom stereocenters. The molecule has 0 bridgehead atoms. The van der Waals surface area contributed by atoms with E-state index in [1.165, 1.54) is 25.7 Å². The van der Waals surface area contributed by atoms with E-state index in [0.717, 1.165) is 11.8 Å². The average Bonchev–Trinajstić information content (AvgIpc) is 2.93. The summed E-state index contributed by atoms with van der Waals surface area (Å²) in [5, 5.41) is 0. The molecule has 0 aromatic carbocycles. The van der Waals surface area contributed by atoms with Crippen LogP contribution in [0.2, 0.25) is 0 Å². The highest BCUT2D eigenvalue weighted by Crippen LogP contribution is 2.39. The van der Waals surface area contributed by atoms with Crippen LogP contribution in [-0.2, 0) is 8.85 Å². The monoisotopic (exact) mass is 230 g/mol. The molecule has 0 saturated heterocycles. The van der Waals surface area contributed by atoms with Crippen molar-refractivity contribution in [2.45, 2.75) is 51.4 Å². The minimum atomic E-state index is -0.568. The Labute approximate surface area is 96.8 Å². The summed E-state index contributed by atoms with van der Waals surface area (Å²) < 4.78 is 9.22. The molecule has 0 spiro atoms. The van der Waals surface area contributed by atoms with Crippen LogP contribution in [0.5, 0.6) is 0 Å². The van der Waals surface area contributed by atoms with Crippen molar-refractivity contribution in [3.8, 4) is 0 Å². The molecular weight excluding hydrogens is 204 g/mol. The number of hydrogen-bond donors (Lipinski definition) is 0. The van der Waals surface area contributed by atoms with Gasteiger partial charge in [0.15, 0.2) is 0 Å². The SMILES string of the molecule is C1CCC(C2CCCC2)C1.CO[SiH2]OC. The lowest BCUT2D eigenvalue weighted by Gasteiger charge is -2.16. The van der Waals surface area contributed by atoms with E-state index in [1.807, 2.05) is 0 Å². The fraction of sp³-hybridized carbons (Fsp3) is 1.00. The Bertz CT molecular complexity index is 125. The van der Waals surface area contributed by atoms with E-state index in [1.54, 1.807) is 39.9 Å². The summed E-state index contributed by atoms with van der Waals surface area (Å²) in [4.78, 5) is 0. The lowest BCUT2D eigenvalue weighted by molar-refractivity contribution is 0.309. The predicted molar refractivity (Wildman–Crippen MR) is 66.5 cm³/mol. The highest BCUT2D eigenvalue weighted by Gasteiger charge is 2.26. The van der Waals surface area contributed by atoms with Gasteiger partial charge in [-0.3, -0.25) is 0 Å². The number of hydrogen-bond acceptors (Lipinski definition) is 2. The van der Waals surface area contributed by atoms with Crippen LogP contribution in [-0.4, -0.2) is 24.2 Å². The maximum Gasteiger partial charge on any atom is 0.303 e. The molecule has 0 radical (unpaired) electrons. The first-order valence-electron chi connectivity index (χ1n) is 6.36. The fourth-order valence-corrected chi connectivity index (χ4v) is 3.21. The van der Waals surface area contributed by atoms with Crippen LogP contribution in [0.25, 0.3) is 0 Å². The second-order valence-electron chi connectivity index (χ2n) is 4.78. The molecular formula is C12H26O2Si. The van der Waals surface area contributed by atoms with Gasteiger partial charge in [-0.15, -0.1) is 0 Å². The molecule has 0 N–H and O–H groups in total. The molecule has 0 heterocycles. The first-order valence-corrected chi connectivity index (χ1v) is 7.51. The van der Waals surface area contributed by atoms with Crippen LogP contribution in [0, 0.1) is 11.8 Å². The van der Waals surface area contributed by atoms with E-state index in [-0.39, 0.29) is 0 Å². The van der Waals surface area contributed by atoms with Gasteiger partial charge in [-0.05, 0) is 11.8 Å². The molecule has 0 atom stereocenters. The van der Waals surface area contributed by atoms with E-state index >= 15 is 0 Å². The lowest BCUT2D eigenvalue weighted by Crippen LogP contribution is -2.06. The van der Waals surface area contributed by atoms with Gasteiger partial charge in [-0.1, -0.05) is 51.4 Å². The van der Waals surface area contributed by atoms with Crippen molar-refractivity contribution >= 4 is 10.0 Å². The summed E-state index contributed by atoms with van der Waals surface area (Å²) in [6, 6.07) is 0. The topological polar surface area (TPSA) is 18.5 Å². The second-order valence-corrected chi connectivity index (χ2v) is 6.17. The number of rotatable bonds is 3. The molecule has 2 aliphatic carbocycles. The normalized spacial score (nSPS) is 22.8. The first kappa shape index (κ1) is 13.2. The molecule has 0 aliphatic heterocycles. The third kappa shape index (κ3) is 5.14. The van der Waals surface area contributed by atoms with Crippen LogP contribution in [0.4, 0.5) is 0 Å². The van der Waals surface area contributed by atoms with E-state index in [0.29, 0.717) is 0 Å². The van der Waals surface area contributed by atoms with Gasteiger partial charge in [0.25, 0.3) is 0 Å². The van der Waals surface area contributed by atoms with E-state index < -0.39 is 10.0 Å². The summed E-state index contributed by atoms with van der Waals surface area (Å²) in [7, 11) is 2.73. The van der Waals surface area contributed by atoms with Crippen molar-refractivity contribution in [3.63, 3.8) is 0 Å². The van der Waals surface area contributed by atoms with Gasteiger partial charge >= 0.3 is 10.0 Å². The molecule has 0 aromatic heterocycles. The maximum atomic E-state index is 4.61. The van der Waals surface area contributed by atoms with Crippen molar-refractivity contribution in [2.75, 3.05) is 14.2 Å². The Hall–Kier alpha value is 0.137. The minimum absolute atomic E-state index is 0.568. The van der Waals surface area contributed by atoms with Crippen molar-refractivity contribution in [1.29, 1.82) is 0 Å². The van der Waals surface area contributed by atoms with Gasteiger partial charge in [0.2, 0.25) is 0 Å². The van der Waals surface area contributed by atoms with Gasteiger partial charge in [-0.25, -0.2) is 0 Å². The Morgan fingerprint density at radius 3 is 1.27 bits per heavy atom. The summed E-state index contributed by atoms with van der Waals surface area (Å²) in [6.45, 7) is 0. The predicted octanol–water partition coefficient (Wildman–Crippen LogP) is 2.64. The minimum Gasteiger partial charge on any atom is -0.402 e. The Balaban J connectivity index is 0.000000195. The van der Waals surface area contributed by atoms with Gasteiger partial charge in [0.05, 0.1) is 0 Å². The first-order chi connectivity index (χ1) is 7.38. The summed E-state index contributed by atoms with van der Waals surface area (Å²) in [5.41, 5.74) is 0. The van der Waals surface area contributed by atoms with E-state index in [2.05, 4.69) is 8.85 Å².